The molecule has 1 aliphatic heterocycles. The molecule has 0 aromatic carbocycles. The topological polar surface area (TPSA) is 24.5 Å². The maximum atomic E-state index is 5.90. The lowest BCUT2D eigenvalue weighted by molar-refractivity contribution is -0.0383. The van der Waals surface area contributed by atoms with E-state index in [9.17, 15) is 0 Å². The second kappa shape index (κ2) is 8.23. The van der Waals surface area contributed by atoms with Gasteiger partial charge in [0, 0.05) is 31.7 Å². The molecule has 3 heteroatoms. The summed E-state index contributed by atoms with van der Waals surface area (Å²) >= 11 is 0. The Hall–Kier alpha value is -0.120. The summed E-state index contributed by atoms with van der Waals surface area (Å²) in [5.74, 6) is 0. The zero-order valence-electron chi connectivity index (χ0n) is 12.9. The van der Waals surface area contributed by atoms with Gasteiger partial charge in [-0.1, -0.05) is 32.1 Å². The molecule has 1 unspecified atom stereocenters. The normalized spacial score (nSPS) is 28.3. The van der Waals surface area contributed by atoms with Gasteiger partial charge >= 0.3 is 0 Å². The van der Waals surface area contributed by atoms with Crippen molar-refractivity contribution in [2.45, 2.75) is 77.0 Å². The monoisotopic (exact) mass is 268 g/mol. The van der Waals surface area contributed by atoms with Gasteiger partial charge in [0.25, 0.3) is 0 Å². The van der Waals surface area contributed by atoms with Gasteiger partial charge in [-0.3, -0.25) is 4.90 Å². The fourth-order valence-electron chi connectivity index (χ4n) is 3.29. The smallest absolute Gasteiger partial charge is 0.0826 e. The summed E-state index contributed by atoms with van der Waals surface area (Å²) in [5, 5.41) is 3.77. The highest BCUT2D eigenvalue weighted by molar-refractivity contribution is 4.78. The quantitative estimate of drug-likeness (QED) is 0.848. The summed E-state index contributed by atoms with van der Waals surface area (Å²) in [6.07, 6.45) is 10.2. The average Bonchev–Trinajstić information content (AvgIpc) is 2.38. The molecule has 1 saturated heterocycles. The number of rotatable bonds is 4. The van der Waals surface area contributed by atoms with Crippen LogP contribution < -0.4 is 5.32 Å². The second-order valence-corrected chi connectivity index (χ2v) is 6.53. The van der Waals surface area contributed by atoms with E-state index in [2.05, 4.69) is 24.1 Å². The summed E-state index contributed by atoms with van der Waals surface area (Å²) < 4.78 is 5.90. The summed E-state index contributed by atoms with van der Waals surface area (Å²) in [5.41, 5.74) is 0. The van der Waals surface area contributed by atoms with E-state index in [1.807, 2.05) is 0 Å². The largest absolute Gasteiger partial charge is 0.374 e. The van der Waals surface area contributed by atoms with E-state index in [0.717, 1.165) is 32.3 Å². The lowest BCUT2D eigenvalue weighted by Crippen LogP contribution is -2.50. The minimum absolute atomic E-state index is 0.390. The molecule has 0 bridgehead atoms. The minimum atomic E-state index is 0.390. The van der Waals surface area contributed by atoms with E-state index in [0.29, 0.717) is 12.1 Å². The van der Waals surface area contributed by atoms with Crippen LogP contribution in [0.15, 0.2) is 0 Å². The maximum absolute atomic E-state index is 5.90. The third-order valence-corrected chi connectivity index (χ3v) is 4.64. The second-order valence-electron chi connectivity index (χ2n) is 6.53. The summed E-state index contributed by atoms with van der Waals surface area (Å²) in [6.45, 7) is 8.69. The van der Waals surface area contributed by atoms with E-state index >= 15 is 0 Å². The third kappa shape index (κ3) is 5.41. The molecule has 0 aromatic rings. The molecule has 3 nitrogen and oxygen atoms in total. The summed E-state index contributed by atoms with van der Waals surface area (Å²) in [7, 11) is 0. The van der Waals surface area contributed by atoms with Crippen LogP contribution in [-0.4, -0.2) is 49.3 Å². The van der Waals surface area contributed by atoms with E-state index in [4.69, 9.17) is 4.74 Å². The zero-order valence-corrected chi connectivity index (χ0v) is 12.9. The van der Waals surface area contributed by atoms with Crippen LogP contribution >= 0.6 is 0 Å². The van der Waals surface area contributed by atoms with Crippen molar-refractivity contribution in [2.75, 3.05) is 26.2 Å². The lowest BCUT2D eigenvalue weighted by Gasteiger charge is -2.36. The number of morpholine rings is 1. The van der Waals surface area contributed by atoms with E-state index in [-0.39, 0.29) is 0 Å². The SMILES string of the molecule is CC(C)N1CCOC(CNC2CCCCCCC2)C1. The molecule has 1 atom stereocenters. The first-order valence-electron chi connectivity index (χ1n) is 8.34. The Morgan fingerprint density at radius 2 is 1.79 bits per heavy atom. The Balaban J connectivity index is 1.68. The molecule has 2 rings (SSSR count). The van der Waals surface area contributed by atoms with Crippen molar-refractivity contribution in [3.05, 3.63) is 0 Å². The molecule has 1 N–H and O–H groups in total. The summed E-state index contributed by atoms with van der Waals surface area (Å²) in [6, 6.07) is 1.38. The van der Waals surface area contributed by atoms with Crippen molar-refractivity contribution >= 4 is 0 Å². The molecule has 1 heterocycles. The van der Waals surface area contributed by atoms with E-state index in [1.165, 1.54) is 44.9 Å². The van der Waals surface area contributed by atoms with Gasteiger partial charge in [0.1, 0.15) is 0 Å². The Morgan fingerprint density at radius 3 is 2.47 bits per heavy atom. The Bertz CT molecular complexity index is 237. The van der Waals surface area contributed by atoms with Crippen molar-refractivity contribution in [1.29, 1.82) is 0 Å². The first-order valence-corrected chi connectivity index (χ1v) is 8.34. The molecule has 2 fully saturated rings. The highest BCUT2D eigenvalue weighted by Gasteiger charge is 2.22. The van der Waals surface area contributed by atoms with Crippen LogP contribution in [0.1, 0.15) is 58.8 Å². The molecule has 19 heavy (non-hydrogen) atoms. The van der Waals surface area contributed by atoms with Crippen molar-refractivity contribution in [3.63, 3.8) is 0 Å². The van der Waals surface area contributed by atoms with E-state index < -0.39 is 0 Å². The van der Waals surface area contributed by atoms with E-state index in [1.54, 1.807) is 0 Å². The van der Waals surface area contributed by atoms with Crippen molar-refractivity contribution in [1.82, 2.24) is 10.2 Å². The van der Waals surface area contributed by atoms with Gasteiger partial charge in [-0.2, -0.15) is 0 Å². The van der Waals surface area contributed by atoms with Crippen LogP contribution in [-0.2, 0) is 4.74 Å². The van der Waals surface area contributed by atoms with Crippen molar-refractivity contribution < 1.29 is 4.74 Å². The Morgan fingerprint density at radius 1 is 1.11 bits per heavy atom. The number of nitrogens with zero attached hydrogens (tertiary/aromatic N) is 1. The first-order chi connectivity index (χ1) is 9.25. The van der Waals surface area contributed by atoms with Crippen molar-refractivity contribution in [3.8, 4) is 0 Å². The minimum Gasteiger partial charge on any atom is -0.374 e. The predicted molar refractivity (Wildman–Crippen MR) is 80.6 cm³/mol. The fraction of sp³-hybridized carbons (Fsp3) is 1.00. The molecular formula is C16H32N2O. The zero-order chi connectivity index (χ0) is 13.5. The number of hydrogen-bond acceptors (Lipinski definition) is 3. The Kier molecular flexibility index (Phi) is 6.62. The van der Waals surface area contributed by atoms with Crippen LogP contribution in [0.4, 0.5) is 0 Å². The van der Waals surface area contributed by atoms with Crippen LogP contribution in [0.2, 0.25) is 0 Å². The van der Waals surface area contributed by atoms with Gasteiger partial charge < -0.3 is 10.1 Å². The van der Waals surface area contributed by atoms with Gasteiger partial charge in [-0.05, 0) is 26.7 Å². The average molecular weight is 268 g/mol. The number of nitrogens with one attached hydrogen (secondary N) is 1. The first kappa shape index (κ1) is 15.3. The predicted octanol–water partition coefficient (Wildman–Crippen LogP) is 2.80. The van der Waals surface area contributed by atoms with Gasteiger partial charge in [-0.25, -0.2) is 0 Å². The molecule has 1 aliphatic carbocycles. The molecule has 1 saturated carbocycles. The molecule has 2 aliphatic rings. The third-order valence-electron chi connectivity index (χ3n) is 4.64. The number of ether oxygens (including phenoxy) is 1. The molecule has 0 radical (unpaired) electrons. The van der Waals surface area contributed by atoms with Crippen LogP contribution in [0.5, 0.6) is 0 Å². The maximum Gasteiger partial charge on any atom is 0.0826 e. The summed E-state index contributed by atoms with van der Waals surface area (Å²) in [4.78, 5) is 2.54. The Labute approximate surface area is 119 Å². The molecule has 112 valence electrons. The fourth-order valence-corrected chi connectivity index (χ4v) is 3.29. The highest BCUT2D eigenvalue weighted by Crippen LogP contribution is 2.17. The molecule has 0 amide bonds. The van der Waals surface area contributed by atoms with Gasteiger partial charge in [-0.15, -0.1) is 0 Å². The van der Waals surface area contributed by atoms with Gasteiger partial charge in [0.2, 0.25) is 0 Å². The van der Waals surface area contributed by atoms with Crippen LogP contribution in [0.3, 0.4) is 0 Å². The standard InChI is InChI=1S/C16H32N2O/c1-14(2)18-10-11-19-16(13-18)12-17-15-8-6-4-3-5-7-9-15/h14-17H,3-13H2,1-2H3. The molecule has 0 spiro atoms. The van der Waals surface area contributed by atoms with Crippen LogP contribution in [0, 0.1) is 0 Å². The van der Waals surface area contributed by atoms with Gasteiger partial charge in [0.15, 0.2) is 0 Å². The highest BCUT2D eigenvalue weighted by atomic mass is 16.5. The lowest BCUT2D eigenvalue weighted by atomic mass is 9.96. The molecule has 0 aromatic heterocycles. The number of hydrogen-bond donors (Lipinski definition) is 1. The van der Waals surface area contributed by atoms with Gasteiger partial charge in [0.05, 0.1) is 12.7 Å². The van der Waals surface area contributed by atoms with Crippen molar-refractivity contribution in [2.24, 2.45) is 0 Å². The molecular weight excluding hydrogens is 236 g/mol. The van der Waals surface area contributed by atoms with Crippen LogP contribution in [0.25, 0.3) is 0 Å².